The van der Waals surface area contributed by atoms with E-state index in [2.05, 4.69) is 12.2 Å². The summed E-state index contributed by atoms with van der Waals surface area (Å²) in [5, 5.41) is 21.1. The summed E-state index contributed by atoms with van der Waals surface area (Å²) in [7, 11) is 0. The molecular weight excluding hydrogens is 174 g/mol. The van der Waals surface area contributed by atoms with Gasteiger partial charge in [-0.15, -0.1) is 0 Å². The Labute approximate surface area is 78.6 Å². The van der Waals surface area contributed by atoms with Crippen LogP contribution in [0.25, 0.3) is 0 Å². The average Bonchev–Trinajstić information content (AvgIpc) is 2.04. The molecule has 74 valence electrons. The molecule has 1 atom stereocenters. The maximum absolute atomic E-state index is 9.36. The summed E-state index contributed by atoms with van der Waals surface area (Å²) < 4.78 is 0. The minimum atomic E-state index is -0.975. The molecule has 0 aliphatic rings. The molecule has 0 aromatic rings. The predicted molar refractivity (Wildman–Crippen MR) is 53.6 cm³/mol. The number of aliphatic hydroxyl groups is 2. The van der Waals surface area contributed by atoms with Crippen LogP contribution in [-0.2, 0) is 0 Å². The van der Waals surface area contributed by atoms with Gasteiger partial charge in [0.2, 0.25) is 0 Å². The molecule has 0 radical (unpaired) electrons. The Balaban J connectivity index is 3.19. The molecule has 0 spiro atoms. The first-order chi connectivity index (χ1) is 5.62. The number of rotatable bonds is 7. The maximum atomic E-state index is 9.36. The summed E-state index contributed by atoms with van der Waals surface area (Å²) in [5.74, 6) is 2.18. The molecule has 4 heteroatoms. The van der Waals surface area contributed by atoms with E-state index in [9.17, 15) is 5.11 Å². The van der Waals surface area contributed by atoms with Crippen molar-refractivity contribution in [1.29, 1.82) is 0 Å². The molecule has 3 nitrogen and oxygen atoms in total. The highest BCUT2D eigenvalue weighted by molar-refractivity contribution is 7.99. The molecule has 0 fully saturated rings. The van der Waals surface area contributed by atoms with E-state index in [-0.39, 0.29) is 6.61 Å². The van der Waals surface area contributed by atoms with Gasteiger partial charge in [0, 0.05) is 18.8 Å². The van der Waals surface area contributed by atoms with Crippen molar-refractivity contribution in [3.05, 3.63) is 0 Å². The van der Waals surface area contributed by atoms with E-state index >= 15 is 0 Å². The van der Waals surface area contributed by atoms with Crippen LogP contribution >= 0.6 is 11.8 Å². The molecule has 0 amide bonds. The maximum Gasteiger partial charge on any atom is 0.0972 e. The Kier molecular flexibility index (Phi) is 6.84. The van der Waals surface area contributed by atoms with Crippen molar-refractivity contribution < 1.29 is 10.2 Å². The lowest BCUT2D eigenvalue weighted by molar-refractivity contribution is 0.00324. The molecule has 0 bridgehead atoms. The van der Waals surface area contributed by atoms with Gasteiger partial charge in [0.15, 0.2) is 0 Å². The Morgan fingerprint density at radius 1 is 1.50 bits per heavy atom. The first-order valence-corrected chi connectivity index (χ1v) is 5.39. The third-order valence-corrected chi connectivity index (χ3v) is 2.37. The third-order valence-electron chi connectivity index (χ3n) is 1.47. The lowest BCUT2D eigenvalue weighted by atomic mass is 10.1. The van der Waals surface area contributed by atoms with Gasteiger partial charge < -0.3 is 15.5 Å². The van der Waals surface area contributed by atoms with Crippen LogP contribution in [0.2, 0.25) is 0 Å². The zero-order chi connectivity index (χ0) is 9.45. The van der Waals surface area contributed by atoms with Gasteiger partial charge in [-0.05, 0) is 12.7 Å². The second-order valence-corrected chi connectivity index (χ2v) is 4.42. The summed E-state index contributed by atoms with van der Waals surface area (Å²) in [6.45, 7) is 4.88. The molecule has 3 N–H and O–H groups in total. The van der Waals surface area contributed by atoms with Gasteiger partial charge in [-0.1, -0.05) is 6.92 Å². The van der Waals surface area contributed by atoms with E-state index in [0.717, 1.165) is 18.1 Å². The summed E-state index contributed by atoms with van der Waals surface area (Å²) >= 11 is 1.86. The molecule has 0 aromatic heterocycles. The fourth-order valence-electron chi connectivity index (χ4n) is 0.702. The van der Waals surface area contributed by atoms with Crippen molar-refractivity contribution in [1.82, 2.24) is 5.32 Å². The van der Waals surface area contributed by atoms with Gasteiger partial charge in [0.1, 0.15) is 0 Å². The molecular formula is C8H19NO2S. The SMILES string of the molecule is CCSCCNCC(C)(O)CO. The van der Waals surface area contributed by atoms with E-state index in [0.29, 0.717) is 6.54 Å². The van der Waals surface area contributed by atoms with Crippen molar-refractivity contribution in [2.75, 3.05) is 31.2 Å². The van der Waals surface area contributed by atoms with Crippen LogP contribution < -0.4 is 5.32 Å². The number of hydrogen-bond donors (Lipinski definition) is 3. The molecule has 0 aliphatic carbocycles. The smallest absolute Gasteiger partial charge is 0.0972 e. The monoisotopic (exact) mass is 193 g/mol. The van der Waals surface area contributed by atoms with Crippen molar-refractivity contribution in [2.24, 2.45) is 0 Å². The molecule has 0 aliphatic heterocycles. The van der Waals surface area contributed by atoms with E-state index < -0.39 is 5.60 Å². The molecule has 0 aromatic carbocycles. The van der Waals surface area contributed by atoms with Gasteiger partial charge in [-0.25, -0.2) is 0 Å². The number of thioether (sulfide) groups is 1. The highest BCUT2D eigenvalue weighted by Gasteiger charge is 2.17. The van der Waals surface area contributed by atoms with Crippen LogP contribution in [0.3, 0.4) is 0 Å². The van der Waals surface area contributed by atoms with Crippen LogP contribution in [0.5, 0.6) is 0 Å². The Morgan fingerprint density at radius 3 is 2.67 bits per heavy atom. The van der Waals surface area contributed by atoms with Crippen LogP contribution in [-0.4, -0.2) is 47.0 Å². The van der Waals surface area contributed by atoms with Gasteiger partial charge in [-0.2, -0.15) is 11.8 Å². The Morgan fingerprint density at radius 2 is 2.17 bits per heavy atom. The Bertz CT molecular complexity index is 109. The fourth-order valence-corrected chi connectivity index (χ4v) is 1.28. The lowest BCUT2D eigenvalue weighted by Crippen LogP contribution is -2.41. The first-order valence-electron chi connectivity index (χ1n) is 4.24. The van der Waals surface area contributed by atoms with Crippen LogP contribution in [0.4, 0.5) is 0 Å². The summed E-state index contributed by atoms with van der Waals surface area (Å²) in [6.07, 6.45) is 0. The molecule has 0 saturated carbocycles. The standard InChI is InChI=1S/C8H19NO2S/c1-3-12-5-4-9-6-8(2,11)7-10/h9-11H,3-7H2,1-2H3. The zero-order valence-electron chi connectivity index (χ0n) is 7.84. The van der Waals surface area contributed by atoms with E-state index in [1.165, 1.54) is 0 Å². The van der Waals surface area contributed by atoms with E-state index in [1.807, 2.05) is 11.8 Å². The van der Waals surface area contributed by atoms with E-state index in [1.54, 1.807) is 6.92 Å². The van der Waals surface area contributed by atoms with Crippen molar-refractivity contribution >= 4 is 11.8 Å². The van der Waals surface area contributed by atoms with Crippen LogP contribution in [0.1, 0.15) is 13.8 Å². The second kappa shape index (κ2) is 6.71. The second-order valence-electron chi connectivity index (χ2n) is 3.03. The van der Waals surface area contributed by atoms with Gasteiger partial charge in [-0.3, -0.25) is 0 Å². The summed E-state index contributed by atoms with van der Waals surface area (Å²) in [6, 6.07) is 0. The number of nitrogens with one attached hydrogen (secondary N) is 1. The van der Waals surface area contributed by atoms with Crippen molar-refractivity contribution in [3.63, 3.8) is 0 Å². The topological polar surface area (TPSA) is 52.5 Å². The quantitative estimate of drug-likeness (QED) is 0.501. The summed E-state index contributed by atoms with van der Waals surface area (Å²) in [5.41, 5.74) is -0.975. The molecule has 0 heterocycles. The highest BCUT2D eigenvalue weighted by Crippen LogP contribution is 1.99. The Hall–Kier alpha value is 0.230. The number of aliphatic hydroxyl groups excluding tert-OH is 1. The van der Waals surface area contributed by atoms with Crippen molar-refractivity contribution in [2.45, 2.75) is 19.4 Å². The third kappa shape index (κ3) is 6.91. The molecule has 0 rings (SSSR count). The normalized spacial score (nSPS) is 16.0. The largest absolute Gasteiger partial charge is 0.393 e. The fraction of sp³-hybridized carbons (Fsp3) is 1.00. The van der Waals surface area contributed by atoms with Crippen LogP contribution in [0, 0.1) is 0 Å². The molecule has 0 saturated heterocycles. The average molecular weight is 193 g/mol. The van der Waals surface area contributed by atoms with Gasteiger partial charge in [0.25, 0.3) is 0 Å². The summed E-state index contributed by atoms with van der Waals surface area (Å²) in [4.78, 5) is 0. The van der Waals surface area contributed by atoms with Crippen molar-refractivity contribution in [3.8, 4) is 0 Å². The first kappa shape index (κ1) is 12.2. The predicted octanol–water partition coefficient (Wildman–Crippen LogP) is 0.0724. The molecule has 12 heavy (non-hydrogen) atoms. The lowest BCUT2D eigenvalue weighted by Gasteiger charge is -2.20. The minimum absolute atomic E-state index is 0.194. The van der Waals surface area contributed by atoms with E-state index in [4.69, 9.17) is 5.11 Å². The zero-order valence-corrected chi connectivity index (χ0v) is 8.65. The minimum Gasteiger partial charge on any atom is -0.393 e. The van der Waals surface area contributed by atoms with Crippen LogP contribution in [0.15, 0.2) is 0 Å². The number of hydrogen-bond acceptors (Lipinski definition) is 4. The van der Waals surface area contributed by atoms with Gasteiger partial charge >= 0.3 is 0 Å². The molecule has 1 unspecified atom stereocenters. The van der Waals surface area contributed by atoms with Gasteiger partial charge in [0.05, 0.1) is 12.2 Å². The highest BCUT2D eigenvalue weighted by atomic mass is 32.2.